The molecule has 0 aliphatic heterocycles. The molecule has 0 heterocycles. The highest BCUT2D eigenvalue weighted by atomic mass is 16.3. The molecule has 13 heavy (non-hydrogen) atoms. The normalized spacial score (nSPS) is 34.2. The molecular formula is C11H23NO. The summed E-state index contributed by atoms with van der Waals surface area (Å²) in [5.74, 6) is 1.65. The van der Waals surface area contributed by atoms with Gasteiger partial charge in [0.05, 0.1) is 6.61 Å². The lowest BCUT2D eigenvalue weighted by Gasteiger charge is -2.32. The van der Waals surface area contributed by atoms with Crippen molar-refractivity contribution in [1.82, 2.24) is 0 Å². The Morgan fingerprint density at radius 1 is 1.31 bits per heavy atom. The van der Waals surface area contributed by atoms with Gasteiger partial charge in [0.15, 0.2) is 0 Å². The molecule has 1 fully saturated rings. The highest BCUT2D eigenvalue weighted by Crippen LogP contribution is 2.32. The minimum Gasteiger partial charge on any atom is -0.394 e. The third-order valence-corrected chi connectivity index (χ3v) is 3.25. The largest absolute Gasteiger partial charge is 0.394 e. The minimum absolute atomic E-state index is 0.110. The summed E-state index contributed by atoms with van der Waals surface area (Å²) in [7, 11) is 0. The first-order valence-corrected chi connectivity index (χ1v) is 5.43. The summed E-state index contributed by atoms with van der Waals surface area (Å²) in [5, 5.41) is 9.05. The van der Waals surface area contributed by atoms with Gasteiger partial charge in [-0.05, 0) is 25.2 Å². The van der Waals surface area contributed by atoms with Crippen LogP contribution in [0.2, 0.25) is 0 Å². The molecule has 0 saturated heterocycles. The molecule has 1 aliphatic carbocycles. The van der Waals surface area contributed by atoms with Crippen LogP contribution in [0.25, 0.3) is 0 Å². The number of aliphatic hydroxyl groups excluding tert-OH is 1. The highest BCUT2D eigenvalue weighted by Gasteiger charge is 2.25. The number of aliphatic hydroxyl groups is 1. The zero-order valence-electron chi connectivity index (χ0n) is 8.92. The van der Waals surface area contributed by atoms with E-state index in [2.05, 4.69) is 6.92 Å². The fourth-order valence-corrected chi connectivity index (χ4v) is 2.26. The Morgan fingerprint density at radius 2 is 1.85 bits per heavy atom. The van der Waals surface area contributed by atoms with Crippen LogP contribution in [0.15, 0.2) is 0 Å². The molecule has 0 aromatic heterocycles. The second kappa shape index (κ2) is 4.43. The molecule has 1 rings (SSSR count). The van der Waals surface area contributed by atoms with E-state index in [1.807, 2.05) is 6.92 Å². The van der Waals surface area contributed by atoms with Gasteiger partial charge in [-0.1, -0.05) is 32.6 Å². The number of hydrogen-bond acceptors (Lipinski definition) is 2. The summed E-state index contributed by atoms with van der Waals surface area (Å²) < 4.78 is 0. The molecule has 0 bridgehead atoms. The van der Waals surface area contributed by atoms with Crippen molar-refractivity contribution in [1.29, 1.82) is 0 Å². The first-order valence-electron chi connectivity index (χ1n) is 5.43. The molecule has 1 aliphatic rings. The molecule has 0 radical (unpaired) electrons. The second-order valence-corrected chi connectivity index (χ2v) is 5.14. The summed E-state index contributed by atoms with van der Waals surface area (Å²) >= 11 is 0. The summed E-state index contributed by atoms with van der Waals surface area (Å²) in [5.41, 5.74) is 5.58. The average molecular weight is 185 g/mol. The van der Waals surface area contributed by atoms with Crippen LogP contribution in [-0.2, 0) is 0 Å². The lowest BCUT2D eigenvalue weighted by Crippen LogP contribution is -2.42. The van der Waals surface area contributed by atoms with E-state index in [9.17, 15) is 0 Å². The molecule has 1 unspecified atom stereocenters. The molecule has 78 valence electrons. The van der Waals surface area contributed by atoms with Gasteiger partial charge in [-0.3, -0.25) is 0 Å². The maximum atomic E-state index is 9.05. The smallest absolute Gasteiger partial charge is 0.0608 e. The summed E-state index contributed by atoms with van der Waals surface area (Å²) in [6.07, 6.45) is 6.26. The van der Waals surface area contributed by atoms with Gasteiger partial charge in [-0.25, -0.2) is 0 Å². The summed E-state index contributed by atoms with van der Waals surface area (Å²) in [6.45, 7) is 4.38. The van der Waals surface area contributed by atoms with Crippen molar-refractivity contribution >= 4 is 0 Å². The van der Waals surface area contributed by atoms with Crippen molar-refractivity contribution in [2.45, 2.75) is 51.5 Å². The lowest BCUT2D eigenvalue weighted by atomic mass is 9.77. The molecule has 1 atom stereocenters. The van der Waals surface area contributed by atoms with Crippen molar-refractivity contribution in [2.24, 2.45) is 17.6 Å². The fourth-order valence-electron chi connectivity index (χ4n) is 2.26. The topological polar surface area (TPSA) is 46.2 Å². The van der Waals surface area contributed by atoms with E-state index in [1.165, 1.54) is 25.7 Å². The summed E-state index contributed by atoms with van der Waals surface area (Å²) in [6, 6.07) is 0. The molecule has 0 amide bonds. The molecular weight excluding hydrogens is 162 g/mol. The summed E-state index contributed by atoms with van der Waals surface area (Å²) in [4.78, 5) is 0. The van der Waals surface area contributed by atoms with E-state index in [4.69, 9.17) is 10.8 Å². The van der Waals surface area contributed by atoms with Gasteiger partial charge in [-0.2, -0.15) is 0 Å². The van der Waals surface area contributed by atoms with Crippen molar-refractivity contribution in [3.8, 4) is 0 Å². The van der Waals surface area contributed by atoms with Gasteiger partial charge < -0.3 is 10.8 Å². The van der Waals surface area contributed by atoms with Crippen LogP contribution < -0.4 is 5.73 Å². The van der Waals surface area contributed by atoms with Crippen LogP contribution in [0.5, 0.6) is 0 Å². The van der Waals surface area contributed by atoms with Gasteiger partial charge in [0.25, 0.3) is 0 Å². The average Bonchev–Trinajstić information content (AvgIpc) is 2.09. The standard InChI is InChI=1S/C11H23NO/c1-9-3-5-10(6-4-9)7-11(2,12)8-13/h9-10,13H,3-8,12H2,1-2H3. The Morgan fingerprint density at radius 3 is 2.31 bits per heavy atom. The number of hydrogen-bond donors (Lipinski definition) is 2. The van der Waals surface area contributed by atoms with E-state index in [0.717, 1.165) is 18.3 Å². The van der Waals surface area contributed by atoms with Crippen LogP contribution in [-0.4, -0.2) is 17.3 Å². The van der Waals surface area contributed by atoms with Crippen LogP contribution >= 0.6 is 0 Å². The van der Waals surface area contributed by atoms with E-state index < -0.39 is 0 Å². The first kappa shape index (κ1) is 11.0. The van der Waals surface area contributed by atoms with E-state index in [-0.39, 0.29) is 12.1 Å². The van der Waals surface area contributed by atoms with Crippen molar-refractivity contribution < 1.29 is 5.11 Å². The Kier molecular flexibility index (Phi) is 3.74. The van der Waals surface area contributed by atoms with Crippen LogP contribution in [0.3, 0.4) is 0 Å². The Bertz CT molecular complexity index is 148. The van der Waals surface area contributed by atoms with E-state index in [1.54, 1.807) is 0 Å². The Hall–Kier alpha value is -0.0800. The Labute approximate surface area is 81.5 Å². The van der Waals surface area contributed by atoms with Crippen LogP contribution in [0, 0.1) is 11.8 Å². The van der Waals surface area contributed by atoms with Crippen molar-refractivity contribution in [3.63, 3.8) is 0 Å². The van der Waals surface area contributed by atoms with Crippen LogP contribution in [0.1, 0.15) is 46.0 Å². The fraction of sp³-hybridized carbons (Fsp3) is 1.00. The minimum atomic E-state index is -0.356. The monoisotopic (exact) mass is 185 g/mol. The zero-order valence-corrected chi connectivity index (χ0v) is 8.92. The van der Waals surface area contributed by atoms with Crippen molar-refractivity contribution in [3.05, 3.63) is 0 Å². The van der Waals surface area contributed by atoms with Gasteiger partial charge in [0.2, 0.25) is 0 Å². The third-order valence-electron chi connectivity index (χ3n) is 3.25. The number of nitrogens with two attached hydrogens (primary N) is 1. The molecule has 0 aromatic rings. The molecule has 0 spiro atoms. The predicted octanol–water partition coefficient (Wildman–Crippen LogP) is 1.91. The zero-order chi connectivity index (χ0) is 9.90. The second-order valence-electron chi connectivity index (χ2n) is 5.14. The van der Waals surface area contributed by atoms with E-state index >= 15 is 0 Å². The maximum absolute atomic E-state index is 9.05. The Balaban J connectivity index is 2.30. The molecule has 1 saturated carbocycles. The molecule has 3 N–H and O–H groups in total. The first-order chi connectivity index (χ1) is 6.03. The molecule has 2 heteroatoms. The van der Waals surface area contributed by atoms with E-state index in [0.29, 0.717) is 0 Å². The van der Waals surface area contributed by atoms with Crippen LogP contribution in [0.4, 0.5) is 0 Å². The lowest BCUT2D eigenvalue weighted by molar-refractivity contribution is 0.160. The number of rotatable bonds is 3. The van der Waals surface area contributed by atoms with Gasteiger partial charge in [0.1, 0.15) is 0 Å². The predicted molar refractivity (Wildman–Crippen MR) is 55.4 cm³/mol. The maximum Gasteiger partial charge on any atom is 0.0608 e. The van der Waals surface area contributed by atoms with Crippen molar-refractivity contribution in [2.75, 3.05) is 6.61 Å². The molecule has 2 nitrogen and oxygen atoms in total. The third kappa shape index (κ3) is 3.65. The quantitative estimate of drug-likeness (QED) is 0.705. The van der Waals surface area contributed by atoms with Gasteiger partial charge in [-0.15, -0.1) is 0 Å². The van der Waals surface area contributed by atoms with Gasteiger partial charge in [0, 0.05) is 5.54 Å². The SMILES string of the molecule is CC1CCC(CC(C)(N)CO)CC1. The molecule has 0 aromatic carbocycles. The highest BCUT2D eigenvalue weighted by molar-refractivity contribution is 4.83. The van der Waals surface area contributed by atoms with Gasteiger partial charge >= 0.3 is 0 Å².